The number of halogens is 1. The molecule has 1 heterocycles. The Morgan fingerprint density at radius 2 is 2.29 bits per heavy atom. The number of nitrogens with one attached hydrogen (secondary N) is 1. The Hall–Kier alpha value is -1.38. The maximum Gasteiger partial charge on any atom is 0.165 e. The Labute approximate surface area is 82.1 Å². The van der Waals surface area contributed by atoms with E-state index in [2.05, 4.69) is 5.32 Å². The Bertz CT molecular complexity index is 376. The minimum Gasteiger partial charge on any atom is -0.382 e. The highest BCUT2D eigenvalue weighted by atomic mass is 19.1. The van der Waals surface area contributed by atoms with Gasteiger partial charge in [0.15, 0.2) is 5.78 Å². The first-order valence-electron chi connectivity index (χ1n) is 4.76. The van der Waals surface area contributed by atoms with Gasteiger partial charge in [0.05, 0.1) is 0 Å². The number of carbonyl (C=O) groups is 1. The molecule has 0 spiro atoms. The summed E-state index contributed by atoms with van der Waals surface area (Å²) in [6, 6.07) is 4.58. The summed E-state index contributed by atoms with van der Waals surface area (Å²) < 4.78 is 12.9. The molecule has 0 fully saturated rings. The van der Waals surface area contributed by atoms with Crippen molar-refractivity contribution in [3.63, 3.8) is 0 Å². The average molecular weight is 193 g/mol. The second-order valence-corrected chi connectivity index (χ2v) is 3.70. The van der Waals surface area contributed by atoms with Gasteiger partial charge < -0.3 is 5.32 Å². The summed E-state index contributed by atoms with van der Waals surface area (Å²) in [5.74, 6) is -0.329. The van der Waals surface area contributed by atoms with Crippen molar-refractivity contribution in [1.29, 1.82) is 0 Å². The molecule has 0 amide bonds. The van der Waals surface area contributed by atoms with Crippen molar-refractivity contribution in [2.45, 2.75) is 25.8 Å². The lowest BCUT2D eigenvalue weighted by atomic mass is 10.1. The van der Waals surface area contributed by atoms with E-state index in [4.69, 9.17) is 0 Å². The summed E-state index contributed by atoms with van der Waals surface area (Å²) in [7, 11) is 0. The van der Waals surface area contributed by atoms with Crippen LogP contribution in [-0.2, 0) is 0 Å². The Balaban J connectivity index is 2.47. The lowest BCUT2D eigenvalue weighted by Gasteiger charge is -2.11. The standard InChI is InChI=1S/C11H12FNO/c1-7-2-5-11(14)9-6-8(12)3-4-10(9)13-7/h3-4,6-7,13H,2,5H2,1H3. The number of hydrogen-bond acceptors (Lipinski definition) is 2. The number of rotatable bonds is 0. The fraction of sp³-hybridized carbons (Fsp3) is 0.364. The van der Waals surface area contributed by atoms with Crippen molar-refractivity contribution in [3.8, 4) is 0 Å². The summed E-state index contributed by atoms with van der Waals surface area (Å²) in [6.45, 7) is 2.02. The maximum atomic E-state index is 12.9. The van der Waals surface area contributed by atoms with Gasteiger partial charge in [0.25, 0.3) is 0 Å². The van der Waals surface area contributed by atoms with E-state index in [-0.39, 0.29) is 17.6 Å². The fourth-order valence-corrected chi connectivity index (χ4v) is 1.69. The summed E-state index contributed by atoms with van der Waals surface area (Å²) >= 11 is 0. The highest BCUT2D eigenvalue weighted by Crippen LogP contribution is 2.24. The van der Waals surface area contributed by atoms with E-state index in [1.165, 1.54) is 12.1 Å². The third-order valence-corrected chi connectivity index (χ3v) is 2.49. The van der Waals surface area contributed by atoms with Crippen LogP contribution in [0.5, 0.6) is 0 Å². The van der Waals surface area contributed by atoms with Crippen LogP contribution in [0.25, 0.3) is 0 Å². The van der Waals surface area contributed by atoms with Crippen molar-refractivity contribution < 1.29 is 9.18 Å². The van der Waals surface area contributed by atoms with Crippen LogP contribution >= 0.6 is 0 Å². The predicted molar refractivity (Wildman–Crippen MR) is 53.0 cm³/mol. The lowest BCUT2D eigenvalue weighted by Crippen LogP contribution is -2.13. The van der Waals surface area contributed by atoms with Gasteiger partial charge in [-0.25, -0.2) is 4.39 Å². The van der Waals surface area contributed by atoms with E-state index in [0.717, 1.165) is 12.1 Å². The topological polar surface area (TPSA) is 29.1 Å². The van der Waals surface area contributed by atoms with E-state index in [1.54, 1.807) is 6.07 Å². The molecule has 1 aromatic carbocycles. The molecule has 1 aliphatic heterocycles. The van der Waals surface area contributed by atoms with Gasteiger partial charge in [0, 0.05) is 23.7 Å². The number of ketones is 1. The number of Topliss-reactive ketones (excluding diaryl/α,β-unsaturated/α-hetero) is 1. The van der Waals surface area contributed by atoms with Crippen LogP contribution in [0.2, 0.25) is 0 Å². The largest absolute Gasteiger partial charge is 0.382 e. The van der Waals surface area contributed by atoms with Crippen LogP contribution in [0.15, 0.2) is 18.2 Å². The normalized spacial score (nSPS) is 21.0. The van der Waals surface area contributed by atoms with Crippen LogP contribution in [0.1, 0.15) is 30.1 Å². The second kappa shape index (κ2) is 3.40. The Kier molecular flexibility index (Phi) is 2.23. The molecule has 1 aliphatic rings. The molecule has 1 N–H and O–H groups in total. The molecular formula is C11H12FNO. The summed E-state index contributed by atoms with van der Waals surface area (Å²) in [4.78, 5) is 11.6. The molecule has 1 aromatic rings. The maximum absolute atomic E-state index is 12.9. The van der Waals surface area contributed by atoms with Crippen LogP contribution in [0, 0.1) is 5.82 Å². The molecule has 0 saturated carbocycles. The van der Waals surface area contributed by atoms with Gasteiger partial charge in [-0.2, -0.15) is 0 Å². The van der Waals surface area contributed by atoms with E-state index in [9.17, 15) is 9.18 Å². The minimum absolute atomic E-state index is 0.0244. The van der Waals surface area contributed by atoms with Crippen molar-refractivity contribution >= 4 is 11.5 Å². The van der Waals surface area contributed by atoms with Gasteiger partial charge in [-0.1, -0.05) is 0 Å². The first-order valence-corrected chi connectivity index (χ1v) is 4.76. The summed E-state index contributed by atoms with van der Waals surface area (Å²) in [6.07, 6.45) is 1.29. The molecular weight excluding hydrogens is 181 g/mol. The number of benzene rings is 1. The quantitative estimate of drug-likeness (QED) is 0.686. The van der Waals surface area contributed by atoms with E-state index in [1.807, 2.05) is 6.92 Å². The first kappa shape index (κ1) is 9.19. The van der Waals surface area contributed by atoms with Crippen molar-refractivity contribution in [2.24, 2.45) is 0 Å². The molecule has 14 heavy (non-hydrogen) atoms. The zero-order chi connectivity index (χ0) is 10.1. The molecule has 1 unspecified atom stereocenters. The number of anilines is 1. The van der Waals surface area contributed by atoms with Crippen molar-refractivity contribution in [2.75, 3.05) is 5.32 Å². The van der Waals surface area contributed by atoms with Gasteiger partial charge in [-0.05, 0) is 31.5 Å². The van der Waals surface area contributed by atoms with Crippen LogP contribution < -0.4 is 5.32 Å². The zero-order valence-electron chi connectivity index (χ0n) is 8.01. The Morgan fingerprint density at radius 1 is 1.50 bits per heavy atom. The average Bonchev–Trinajstić information content (AvgIpc) is 2.29. The van der Waals surface area contributed by atoms with E-state index >= 15 is 0 Å². The van der Waals surface area contributed by atoms with Crippen LogP contribution in [-0.4, -0.2) is 11.8 Å². The highest BCUT2D eigenvalue weighted by molar-refractivity contribution is 6.01. The molecule has 2 rings (SSSR count). The smallest absolute Gasteiger partial charge is 0.165 e. The van der Waals surface area contributed by atoms with Crippen LogP contribution in [0.4, 0.5) is 10.1 Å². The molecule has 0 saturated heterocycles. The molecule has 3 heteroatoms. The predicted octanol–water partition coefficient (Wildman–Crippen LogP) is 2.60. The molecule has 0 aliphatic carbocycles. The third kappa shape index (κ3) is 1.62. The molecule has 1 atom stereocenters. The molecule has 74 valence electrons. The number of hydrogen-bond donors (Lipinski definition) is 1. The summed E-state index contributed by atoms with van der Waals surface area (Å²) in [5, 5.41) is 3.19. The Morgan fingerprint density at radius 3 is 3.07 bits per heavy atom. The third-order valence-electron chi connectivity index (χ3n) is 2.49. The summed E-state index contributed by atoms with van der Waals surface area (Å²) in [5.41, 5.74) is 1.23. The van der Waals surface area contributed by atoms with E-state index < -0.39 is 0 Å². The fourth-order valence-electron chi connectivity index (χ4n) is 1.69. The van der Waals surface area contributed by atoms with Gasteiger partial charge in [-0.3, -0.25) is 4.79 Å². The number of fused-ring (bicyclic) bond motifs is 1. The van der Waals surface area contributed by atoms with Crippen molar-refractivity contribution in [3.05, 3.63) is 29.6 Å². The highest BCUT2D eigenvalue weighted by Gasteiger charge is 2.18. The molecule has 0 aromatic heterocycles. The SMILES string of the molecule is CC1CCC(=O)c2cc(F)ccc2N1. The lowest BCUT2D eigenvalue weighted by molar-refractivity contribution is 0.0981. The minimum atomic E-state index is -0.353. The van der Waals surface area contributed by atoms with Gasteiger partial charge >= 0.3 is 0 Å². The first-order chi connectivity index (χ1) is 6.66. The van der Waals surface area contributed by atoms with Crippen molar-refractivity contribution in [1.82, 2.24) is 0 Å². The number of carbonyl (C=O) groups excluding carboxylic acids is 1. The molecule has 2 nitrogen and oxygen atoms in total. The van der Waals surface area contributed by atoms with Crippen LogP contribution in [0.3, 0.4) is 0 Å². The molecule has 0 bridgehead atoms. The zero-order valence-corrected chi connectivity index (χ0v) is 8.01. The molecule has 0 radical (unpaired) electrons. The monoisotopic (exact) mass is 193 g/mol. The van der Waals surface area contributed by atoms with E-state index in [0.29, 0.717) is 12.0 Å². The van der Waals surface area contributed by atoms with Gasteiger partial charge in [0.1, 0.15) is 5.82 Å². The second-order valence-electron chi connectivity index (χ2n) is 3.70. The van der Waals surface area contributed by atoms with Gasteiger partial charge in [-0.15, -0.1) is 0 Å². The van der Waals surface area contributed by atoms with Gasteiger partial charge in [0.2, 0.25) is 0 Å².